The Labute approximate surface area is 117 Å². The summed E-state index contributed by atoms with van der Waals surface area (Å²) in [6, 6.07) is 13.7. The molecule has 0 spiro atoms. The van der Waals surface area contributed by atoms with E-state index in [-0.39, 0.29) is 11.9 Å². The smallest absolute Gasteiger partial charge is 0.127 e. The molecule has 2 aromatic rings. The molecule has 100 valence electrons. The Morgan fingerprint density at radius 3 is 2.53 bits per heavy atom. The average molecular weight is 280 g/mol. The van der Waals surface area contributed by atoms with Gasteiger partial charge in [0.2, 0.25) is 0 Å². The molecule has 0 amide bonds. The quantitative estimate of drug-likeness (QED) is 0.910. The van der Waals surface area contributed by atoms with Gasteiger partial charge in [0.25, 0.3) is 0 Å². The largest absolute Gasteiger partial charge is 0.492 e. The molecule has 0 aromatic heterocycles. The van der Waals surface area contributed by atoms with Crippen molar-refractivity contribution in [3.8, 4) is 5.75 Å². The lowest BCUT2D eigenvalue weighted by Gasteiger charge is -2.14. The molecular formula is C15H15ClFNO. The van der Waals surface area contributed by atoms with Crippen LogP contribution in [0, 0.1) is 5.82 Å². The van der Waals surface area contributed by atoms with Crippen molar-refractivity contribution >= 4 is 11.6 Å². The van der Waals surface area contributed by atoms with Crippen LogP contribution in [0.4, 0.5) is 4.39 Å². The standard InChI is InChI=1S/C15H15ClFNO/c16-14-7-4-8-15(17)13(14)9-11(18)10-19-12-5-2-1-3-6-12/h1-8,11H,9-10,18H2. The number of hydrogen-bond donors (Lipinski definition) is 1. The van der Waals surface area contributed by atoms with E-state index < -0.39 is 0 Å². The van der Waals surface area contributed by atoms with Gasteiger partial charge in [-0.1, -0.05) is 35.9 Å². The highest BCUT2D eigenvalue weighted by atomic mass is 35.5. The van der Waals surface area contributed by atoms with Gasteiger partial charge in [-0.15, -0.1) is 0 Å². The fourth-order valence-electron chi connectivity index (χ4n) is 1.77. The number of para-hydroxylation sites is 1. The fraction of sp³-hybridized carbons (Fsp3) is 0.200. The Morgan fingerprint density at radius 1 is 1.11 bits per heavy atom. The van der Waals surface area contributed by atoms with E-state index in [0.717, 1.165) is 5.75 Å². The molecule has 0 saturated heterocycles. The van der Waals surface area contributed by atoms with E-state index in [1.54, 1.807) is 12.1 Å². The molecule has 0 aliphatic heterocycles. The summed E-state index contributed by atoms with van der Waals surface area (Å²) in [5.74, 6) is 0.417. The van der Waals surface area contributed by atoms with Crippen molar-refractivity contribution in [1.82, 2.24) is 0 Å². The predicted octanol–water partition coefficient (Wildman–Crippen LogP) is 3.43. The van der Waals surface area contributed by atoms with E-state index in [1.165, 1.54) is 6.07 Å². The third-order valence-electron chi connectivity index (χ3n) is 2.74. The molecule has 0 aliphatic rings. The summed E-state index contributed by atoms with van der Waals surface area (Å²) in [5.41, 5.74) is 6.38. The summed E-state index contributed by atoms with van der Waals surface area (Å²) in [6.07, 6.45) is 0.346. The molecule has 0 saturated carbocycles. The van der Waals surface area contributed by atoms with E-state index in [1.807, 2.05) is 30.3 Å². The van der Waals surface area contributed by atoms with Gasteiger partial charge in [-0.25, -0.2) is 4.39 Å². The summed E-state index contributed by atoms with van der Waals surface area (Å²) in [5, 5.41) is 0.398. The summed E-state index contributed by atoms with van der Waals surface area (Å²) in [4.78, 5) is 0. The maximum absolute atomic E-state index is 13.6. The van der Waals surface area contributed by atoms with Gasteiger partial charge in [0, 0.05) is 16.6 Å². The highest BCUT2D eigenvalue weighted by Gasteiger charge is 2.12. The number of nitrogens with two attached hydrogens (primary N) is 1. The molecule has 0 fully saturated rings. The van der Waals surface area contributed by atoms with Crippen LogP contribution in [0.1, 0.15) is 5.56 Å². The lowest BCUT2D eigenvalue weighted by molar-refractivity contribution is 0.287. The molecule has 19 heavy (non-hydrogen) atoms. The molecule has 0 radical (unpaired) electrons. The number of rotatable bonds is 5. The van der Waals surface area contributed by atoms with Gasteiger partial charge in [0.1, 0.15) is 18.2 Å². The second kappa shape index (κ2) is 6.55. The second-order valence-corrected chi connectivity index (χ2v) is 4.70. The van der Waals surface area contributed by atoms with E-state index >= 15 is 0 Å². The summed E-state index contributed by atoms with van der Waals surface area (Å²) in [6.45, 7) is 0.314. The predicted molar refractivity (Wildman–Crippen MR) is 75.0 cm³/mol. The minimum absolute atomic E-state index is 0.311. The van der Waals surface area contributed by atoms with Crippen LogP contribution in [0.5, 0.6) is 5.75 Å². The Balaban J connectivity index is 1.93. The molecule has 1 unspecified atom stereocenters. The number of ether oxygens (including phenoxy) is 1. The lowest BCUT2D eigenvalue weighted by Crippen LogP contribution is -2.30. The Kier molecular flexibility index (Phi) is 4.77. The molecule has 2 aromatic carbocycles. The molecule has 4 heteroatoms. The molecule has 0 bridgehead atoms. The molecule has 2 nitrogen and oxygen atoms in total. The minimum atomic E-state index is -0.331. The third kappa shape index (κ3) is 3.94. The summed E-state index contributed by atoms with van der Waals surface area (Å²) < 4.78 is 19.1. The maximum Gasteiger partial charge on any atom is 0.127 e. The van der Waals surface area contributed by atoms with Crippen LogP contribution in [0.25, 0.3) is 0 Å². The van der Waals surface area contributed by atoms with Crippen LogP contribution >= 0.6 is 11.6 Å². The molecule has 2 N–H and O–H groups in total. The molecule has 2 rings (SSSR count). The highest BCUT2D eigenvalue weighted by molar-refractivity contribution is 6.31. The Morgan fingerprint density at radius 2 is 1.84 bits per heavy atom. The first kappa shape index (κ1) is 13.8. The summed E-state index contributed by atoms with van der Waals surface area (Å²) >= 11 is 5.95. The van der Waals surface area contributed by atoms with Gasteiger partial charge in [0.05, 0.1) is 0 Å². The number of hydrogen-bond acceptors (Lipinski definition) is 2. The fourth-order valence-corrected chi connectivity index (χ4v) is 2.01. The van der Waals surface area contributed by atoms with E-state index in [0.29, 0.717) is 23.6 Å². The van der Waals surface area contributed by atoms with E-state index in [2.05, 4.69) is 0 Å². The first-order valence-corrected chi connectivity index (χ1v) is 6.41. The zero-order chi connectivity index (χ0) is 13.7. The van der Waals surface area contributed by atoms with Crippen LogP contribution in [0.15, 0.2) is 48.5 Å². The van der Waals surface area contributed by atoms with Crippen LogP contribution in [0.3, 0.4) is 0 Å². The number of halogens is 2. The molecule has 0 aliphatic carbocycles. The topological polar surface area (TPSA) is 35.2 Å². The normalized spacial score (nSPS) is 12.2. The SMILES string of the molecule is NC(COc1ccccc1)Cc1c(F)cccc1Cl. The van der Waals surface area contributed by atoms with Gasteiger partial charge in [0.15, 0.2) is 0 Å². The van der Waals surface area contributed by atoms with Crippen molar-refractivity contribution in [2.24, 2.45) is 5.73 Å². The third-order valence-corrected chi connectivity index (χ3v) is 3.09. The van der Waals surface area contributed by atoms with Gasteiger partial charge < -0.3 is 10.5 Å². The van der Waals surface area contributed by atoms with E-state index in [4.69, 9.17) is 22.1 Å². The Bertz CT molecular complexity index is 513. The van der Waals surface area contributed by atoms with Crippen LogP contribution in [-0.2, 0) is 6.42 Å². The van der Waals surface area contributed by atoms with Crippen molar-refractivity contribution in [2.75, 3.05) is 6.61 Å². The zero-order valence-electron chi connectivity index (χ0n) is 10.4. The van der Waals surface area contributed by atoms with Gasteiger partial charge >= 0.3 is 0 Å². The Hall–Kier alpha value is -1.58. The van der Waals surface area contributed by atoms with Crippen molar-refractivity contribution in [3.05, 3.63) is 64.9 Å². The summed E-state index contributed by atoms with van der Waals surface area (Å²) in [7, 11) is 0. The van der Waals surface area contributed by atoms with Crippen LogP contribution in [-0.4, -0.2) is 12.6 Å². The van der Waals surface area contributed by atoms with Crippen molar-refractivity contribution in [3.63, 3.8) is 0 Å². The van der Waals surface area contributed by atoms with Crippen molar-refractivity contribution in [2.45, 2.75) is 12.5 Å². The lowest BCUT2D eigenvalue weighted by atomic mass is 10.1. The minimum Gasteiger partial charge on any atom is -0.492 e. The van der Waals surface area contributed by atoms with Gasteiger partial charge in [-0.2, -0.15) is 0 Å². The van der Waals surface area contributed by atoms with Crippen molar-refractivity contribution in [1.29, 1.82) is 0 Å². The molecular weight excluding hydrogens is 265 g/mol. The first-order valence-electron chi connectivity index (χ1n) is 6.03. The molecule has 0 heterocycles. The maximum atomic E-state index is 13.6. The zero-order valence-corrected chi connectivity index (χ0v) is 11.1. The van der Waals surface area contributed by atoms with Gasteiger partial charge in [-0.05, 0) is 30.7 Å². The number of benzene rings is 2. The van der Waals surface area contributed by atoms with Gasteiger partial charge in [-0.3, -0.25) is 0 Å². The van der Waals surface area contributed by atoms with Crippen LogP contribution < -0.4 is 10.5 Å². The average Bonchev–Trinajstić information content (AvgIpc) is 2.42. The first-order chi connectivity index (χ1) is 9.16. The second-order valence-electron chi connectivity index (χ2n) is 4.29. The highest BCUT2D eigenvalue weighted by Crippen LogP contribution is 2.20. The van der Waals surface area contributed by atoms with E-state index in [9.17, 15) is 4.39 Å². The monoisotopic (exact) mass is 279 g/mol. The van der Waals surface area contributed by atoms with Crippen LogP contribution in [0.2, 0.25) is 5.02 Å². The molecule has 1 atom stereocenters. The van der Waals surface area contributed by atoms with Crippen molar-refractivity contribution < 1.29 is 9.13 Å².